The summed E-state index contributed by atoms with van der Waals surface area (Å²) in [6, 6.07) is 3.07. The second-order valence-electron chi connectivity index (χ2n) is 7.04. The number of aromatic amines is 2. The summed E-state index contributed by atoms with van der Waals surface area (Å²) >= 11 is 0. The summed E-state index contributed by atoms with van der Waals surface area (Å²) in [6.07, 6.45) is 6.81. The minimum atomic E-state index is -0.581. The monoisotopic (exact) mass is 340 g/mol. The maximum absolute atomic E-state index is 14.3. The van der Waals surface area contributed by atoms with Gasteiger partial charge in [-0.1, -0.05) is 19.9 Å². The normalized spacial score (nSPS) is 16.4. The Hall–Kier alpha value is -2.96. The van der Waals surface area contributed by atoms with Crippen LogP contribution in [0, 0.1) is 11.2 Å². The molecule has 3 aromatic heterocycles. The highest BCUT2D eigenvalue weighted by Crippen LogP contribution is 2.41. The molecule has 7 heteroatoms. The van der Waals surface area contributed by atoms with E-state index in [1.807, 2.05) is 0 Å². The van der Waals surface area contributed by atoms with Gasteiger partial charge in [-0.3, -0.25) is 9.78 Å². The summed E-state index contributed by atoms with van der Waals surface area (Å²) < 4.78 is 15.8. The zero-order valence-electron chi connectivity index (χ0n) is 13.9. The number of fused-ring (bicyclic) bond motifs is 1. The van der Waals surface area contributed by atoms with E-state index in [1.165, 1.54) is 23.0 Å². The number of hydrogen-bond donors (Lipinski definition) is 2. The molecule has 0 aliphatic heterocycles. The molecule has 1 aliphatic carbocycles. The quantitative estimate of drug-likeness (QED) is 0.752. The van der Waals surface area contributed by atoms with E-state index in [2.05, 4.69) is 35.0 Å². The van der Waals surface area contributed by atoms with Crippen molar-refractivity contribution in [2.45, 2.75) is 26.7 Å². The lowest BCUT2D eigenvalue weighted by molar-refractivity contribution is 0.471. The van der Waals surface area contributed by atoms with Crippen molar-refractivity contribution < 1.29 is 4.39 Å². The molecule has 0 unspecified atom stereocenters. The number of allylic oxidation sites excluding steroid dienone is 2. The Kier molecular flexibility index (Phi) is 3.28. The highest BCUT2D eigenvalue weighted by molar-refractivity contribution is 5.82. The van der Waals surface area contributed by atoms with Crippen molar-refractivity contribution >= 4 is 11.1 Å². The Morgan fingerprint density at radius 1 is 1.28 bits per heavy atom. The van der Waals surface area contributed by atoms with E-state index in [4.69, 9.17) is 0 Å². The highest BCUT2D eigenvalue weighted by atomic mass is 19.1. The number of hydrogen-bond acceptors (Lipinski definition) is 3. The fourth-order valence-electron chi connectivity index (χ4n) is 3.35. The number of halogens is 1. The minimum absolute atomic E-state index is 0.0499. The molecule has 6 nitrogen and oxygen atoms in total. The molecule has 0 radical (unpaired) electrons. The number of H-pyrrole nitrogens is 2. The molecular weight excluding hydrogens is 323 g/mol. The standard InChI is InChI=1S/C18H17FN4O2/c1-18(2)5-3-10(8-18)11-7-14(12-9-20-17(25)21-16(12)24)22-23-6-4-13(19)15(11)23/h4,6-9H,3,5H2,1-2H3,(H2,20,21,24,25). The Labute approximate surface area is 142 Å². The van der Waals surface area contributed by atoms with Crippen molar-refractivity contribution in [3.05, 3.63) is 62.8 Å². The van der Waals surface area contributed by atoms with Crippen LogP contribution in [-0.2, 0) is 0 Å². The molecule has 0 amide bonds. The van der Waals surface area contributed by atoms with Gasteiger partial charge < -0.3 is 4.98 Å². The van der Waals surface area contributed by atoms with Gasteiger partial charge in [-0.2, -0.15) is 5.10 Å². The van der Waals surface area contributed by atoms with Gasteiger partial charge in [0.05, 0.1) is 11.3 Å². The first-order valence-electron chi connectivity index (χ1n) is 8.06. The predicted molar refractivity (Wildman–Crippen MR) is 92.8 cm³/mol. The molecule has 0 spiro atoms. The van der Waals surface area contributed by atoms with Crippen LogP contribution in [0.25, 0.3) is 22.3 Å². The van der Waals surface area contributed by atoms with Crippen molar-refractivity contribution in [3.8, 4) is 11.3 Å². The molecule has 0 bridgehead atoms. The van der Waals surface area contributed by atoms with Gasteiger partial charge in [-0.25, -0.2) is 13.7 Å². The number of rotatable bonds is 2. The molecule has 3 heterocycles. The first-order chi connectivity index (χ1) is 11.8. The highest BCUT2D eigenvalue weighted by Gasteiger charge is 2.26. The van der Waals surface area contributed by atoms with Gasteiger partial charge in [-0.15, -0.1) is 0 Å². The Balaban J connectivity index is 2.00. The molecule has 0 atom stereocenters. The molecule has 3 aromatic rings. The summed E-state index contributed by atoms with van der Waals surface area (Å²) in [5.74, 6) is -0.352. The fraction of sp³-hybridized carbons (Fsp3) is 0.278. The Bertz CT molecular complexity index is 1130. The predicted octanol–water partition coefficient (Wildman–Crippen LogP) is 2.72. The first kappa shape index (κ1) is 15.6. The second kappa shape index (κ2) is 5.27. The maximum atomic E-state index is 14.3. The largest absolute Gasteiger partial charge is 0.325 e. The van der Waals surface area contributed by atoms with E-state index in [0.29, 0.717) is 11.2 Å². The third kappa shape index (κ3) is 2.61. The molecule has 0 saturated carbocycles. The molecular formula is C18H17FN4O2. The summed E-state index contributed by atoms with van der Waals surface area (Å²) in [6.45, 7) is 4.28. The molecule has 25 heavy (non-hydrogen) atoms. The maximum Gasteiger partial charge on any atom is 0.325 e. The number of aromatic nitrogens is 4. The second-order valence-corrected chi connectivity index (χ2v) is 7.04. The summed E-state index contributed by atoms with van der Waals surface area (Å²) in [7, 11) is 0. The topological polar surface area (TPSA) is 83.0 Å². The van der Waals surface area contributed by atoms with Gasteiger partial charge in [0.25, 0.3) is 5.56 Å². The van der Waals surface area contributed by atoms with Crippen LogP contribution in [0.5, 0.6) is 0 Å². The molecule has 2 N–H and O–H groups in total. The van der Waals surface area contributed by atoms with Gasteiger partial charge >= 0.3 is 5.69 Å². The first-order valence-corrected chi connectivity index (χ1v) is 8.06. The van der Waals surface area contributed by atoms with E-state index >= 15 is 0 Å². The molecule has 0 aromatic carbocycles. The lowest BCUT2D eigenvalue weighted by Gasteiger charge is -2.11. The number of nitrogens with zero attached hydrogens (tertiary/aromatic N) is 2. The van der Waals surface area contributed by atoms with Gasteiger partial charge in [0, 0.05) is 18.0 Å². The van der Waals surface area contributed by atoms with Crippen LogP contribution < -0.4 is 11.2 Å². The van der Waals surface area contributed by atoms with E-state index in [0.717, 1.165) is 24.0 Å². The van der Waals surface area contributed by atoms with Crippen LogP contribution in [0.4, 0.5) is 4.39 Å². The van der Waals surface area contributed by atoms with E-state index < -0.39 is 11.2 Å². The average molecular weight is 340 g/mol. The van der Waals surface area contributed by atoms with Crippen LogP contribution in [0.2, 0.25) is 0 Å². The zero-order valence-corrected chi connectivity index (χ0v) is 13.9. The lowest BCUT2D eigenvalue weighted by atomic mass is 9.94. The van der Waals surface area contributed by atoms with Crippen molar-refractivity contribution in [1.29, 1.82) is 0 Å². The molecule has 0 saturated heterocycles. The zero-order chi connectivity index (χ0) is 17.8. The summed E-state index contributed by atoms with van der Waals surface area (Å²) in [5, 5.41) is 4.33. The van der Waals surface area contributed by atoms with E-state index in [9.17, 15) is 14.0 Å². The van der Waals surface area contributed by atoms with Gasteiger partial charge in [-0.05, 0) is 36.0 Å². The van der Waals surface area contributed by atoms with Gasteiger partial charge in [0.2, 0.25) is 0 Å². The van der Waals surface area contributed by atoms with E-state index in [-0.39, 0.29) is 16.8 Å². The SMILES string of the molecule is CC1(C)C=C(c2cc(-c3c[nH]c(=O)[nH]c3=O)nn3ccc(F)c23)CC1. The van der Waals surface area contributed by atoms with E-state index in [1.54, 1.807) is 6.07 Å². The molecule has 1 aliphatic rings. The van der Waals surface area contributed by atoms with Crippen LogP contribution in [0.1, 0.15) is 32.3 Å². The molecule has 4 rings (SSSR count). The van der Waals surface area contributed by atoms with Crippen LogP contribution in [-0.4, -0.2) is 19.6 Å². The van der Waals surface area contributed by atoms with Gasteiger partial charge in [0.15, 0.2) is 5.82 Å². The van der Waals surface area contributed by atoms with Crippen LogP contribution in [0.15, 0.2) is 40.2 Å². The number of nitrogens with one attached hydrogen (secondary N) is 2. The lowest BCUT2D eigenvalue weighted by Crippen LogP contribution is -2.23. The fourth-order valence-corrected chi connectivity index (χ4v) is 3.35. The van der Waals surface area contributed by atoms with Crippen molar-refractivity contribution in [1.82, 2.24) is 19.6 Å². The third-order valence-corrected chi connectivity index (χ3v) is 4.61. The van der Waals surface area contributed by atoms with Gasteiger partial charge in [0.1, 0.15) is 5.52 Å². The Morgan fingerprint density at radius 3 is 2.76 bits per heavy atom. The summed E-state index contributed by atoms with van der Waals surface area (Å²) in [4.78, 5) is 28.0. The summed E-state index contributed by atoms with van der Waals surface area (Å²) in [5.41, 5.74) is 1.70. The van der Waals surface area contributed by atoms with Crippen molar-refractivity contribution in [2.75, 3.05) is 0 Å². The molecule has 0 fully saturated rings. The van der Waals surface area contributed by atoms with Crippen molar-refractivity contribution in [3.63, 3.8) is 0 Å². The average Bonchev–Trinajstić information content (AvgIpc) is 3.09. The minimum Gasteiger partial charge on any atom is -0.313 e. The van der Waals surface area contributed by atoms with Crippen LogP contribution >= 0.6 is 0 Å². The van der Waals surface area contributed by atoms with Crippen molar-refractivity contribution in [2.24, 2.45) is 5.41 Å². The smallest absolute Gasteiger partial charge is 0.313 e. The Morgan fingerprint density at radius 2 is 2.08 bits per heavy atom. The third-order valence-electron chi connectivity index (χ3n) is 4.61. The van der Waals surface area contributed by atoms with Crippen LogP contribution in [0.3, 0.4) is 0 Å². The molecule has 128 valence electrons.